The van der Waals surface area contributed by atoms with Crippen LogP contribution in [0.5, 0.6) is 0 Å². The maximum atomic E-state index is 13.2. The first-order chi connectivity index (χ1) is 15.2. The van der Waals surface area contributed by atoms with E-state index in [0.717, 1.165) is 33.3 Å². The molecule has 166 valence electrons. The molecule has 1 heterocycles. The minimum Gasteiger partial charge on any atom is -0.321 e. The van der Waals surface area contributed by atoms with Gasteiger partial charge in [0.05, 0.1) is 10.6 Å². The average Bonchev–Trinajstić information content (AvgIpc) is 3.11. The summed E-state index contributed by atoms with van der Waals surface area (Å²) in [5, 5.41) is 3.05. The highest BCUT2D eigenvalue weighted by Crippen LogP contribution is 2.37. The van der Waals surface area contributed by atoms with Crippen molar-refractivity contribution >= 4 is 43.2 Å². The topological polar surface area (TPSA) is 66.5 Å². The fraction of sp³-hybridized carbons (Fsp3) is 0.240. The average molecular weight is 513 g/mol. The minimum absolute atomic E-state index is 0.204. The van der Waals surface area contributed by atoms with E-state index in [1.165, 1.54) is 4.31 Å². The van der Waals surface area contributed by atoms with Gasteiger partial charge in [0.2, 0.25) is 0 Å². The van der Waals surface area contributed by atoms with Crippen LogP contribution < -0.4 is 9.62 Å². The Morgan fingerprint density at radius 1 is 1.12 bits per heavy atom. The number of sulfonamides is 1. The molecule has 1 atom stereocenters. The Hall–Kier alpha value is -2.64. The van der Waals surface area contributed by atoms with Gasteiger partial charge in [0, 0.05) is 21.8 Å². The molecule has 0 aliphatic carbocycles. The first kappa shape index (κ1) is 22.6. The van der Waals surface area contributed by atoms with Gasteiger partial charge < -0.3 is 5.32 Å². The molecule has 4 rings (SSSR count). The number of rotatable bonds is 5. The molecule has 0 saturated carbocycles. The van der Waals surface area contributed by atoms with Crippen molar-refractivity contribution in [3.8, 4) is 0 Å². The molecule has 3 aromatic carbocycles. The normalized spacial score (nSPS) is 15.5. The molecule has 0 aromatic heterocycles. The van der Waals surface area contributed by atoms with Gasteiger partial charge in [-0.25, -0.2) is 8.42 Å². The first-order valence-electron chi connectivity index (χ1n) is 10.5. The zero-order valence-electron chi connectivity index (χ0n) is 18.2. The maximum Gasteiger partial charge on any atom is 0.264 e. The largest absolute Gasteiger partial charge is 0.321 e. The zero-order valence-corrected chi connectivity index (χ0v) is 20.6. The highest BCUT2D eigenvalue weighted by molar-refractivity contribution is 9.10. The summed E-state index contributed by atoms with van der Waals surface area (Å²) in [5.74, 6) is -0.204. The number of aryl methyl sites for hydroxylation is 2. The summed E-state index contributed by atoms with van der Waals surface area (Å²) in [6, 6.07) is 17.4. The van der Waals surface area contributed by atoms with Gasteiger partial charge in [-0.3, -0.25) is 9.10 Å². The molecule has 1 aliphatic heterocycles. The number of amides is 1. The Labute approximate surface area is 197 Å². The van der Waals surface area contributed by atoms with Crippen LogP contribution in [0.1, 0.15) is 40.9 Å². The van der Waals surface area contributed by atoms with E-state index < -0.39 is 10.0 Å². The van der Waals surface area contributed by atoms with E-state index in [-0.39, 0.29) is 16.8 Å². The van der Waals surface area contributed by atoms with Gasteiger partial charge >= 0.3 is 0 Å². The molecule has 0 fully saturated rings. The molecule has 0 unspecified atom stereocenters. The third kappa shape index (κ3) is 4.07. The van der Waals surface area contributed by atoms with Crippen LogP contribution in [0.15, 0.2) is 70.0 Å². The SMILES string of the molecule is CCc1cc(Br)cc(C)c1NC(=O)c1ccc2c(c1)C[C@H](C)N2S(=O)(=O)c1ccccc1. The summed E-state index contributed by atoms with van der Waals surface area (Å²) in [6.07, 6.45) is 1.35. The molecule has 32 heavy (non-hydrogen) atoms. The van der Waals surface area contributed by atoms with Crippen molar-refractivity contribution in [2.75, 3.05) is 9.62 Å². The molecule has 3 aromatic rings. The van der Waals surface area contributed by atoms with E-state index in [9.17, 15) is 13.2 Å². The number of anilines is 2. The number of nitrogens with zero attached hydrogens (tertiary/aromatic N) is 1. The Balaban J connectivity index is 1.65. The van der Waals surface area contributed by atoms with Crippen molar-refractivity contribution in [2.45, 2.75) is 44.6 Å². The van der Waals surface area contributed by atoms with Crippen molar-refractivity contribution in [3.05, 3.63) is 87.4 Å². The molecule has 5 nitrogen and oxygen atoms in total. The van der Waals surface area contributed by atoms with Crippen LogP contribution in [0.4, 0.5) is 11.4 Å². The quantitative estimate of drug-likeness (QED) is 0.475. The maximum absolute atomic E-state index is 13.2. The second kappa shape index (κ2) is 8.71. The summed E-state index contributed by atoms with van der Waals surface area (Å²) in [4.78, 5) is 13.3. The van der Waals surface area contributed by atoms with E-state index in [0.29, 0.717) is 17.7 Å². The number of benzene rings is 3. The fourth-order valence-corrected chi connectivity index (χ4v) is 6.61. The molecule has 1 aliphatic rings. The van der Waals surface area contributed by atoms with Crippen molar-refractivity contribution < 1.29 is 13.2 Å². The number of nitrogens with one attached hydrogen (secondary N) is 1. The lowest BCUT2D eigenvalue weighted by molar-refractivity contribution is 0.102. The molecule has 0 bridgehead atoms. The number of hydrogen-bond acceptors (Lipinski definition) is 3. The van der Waals surface area contributed by atoms with Crippen LogP contribution >= 0.6 is 15.9 Å². The lowest BCUT2D eigenvalue weighted by Gasteiger charge is -2.24. The Kier molecular flexibility index (Phi) is 6.14. The third-order valence-corrected chi connectivity index (χ3v) is 8.20. The van der Waals surface area contributed by atoms with Crippen LogP contribution in [-0.2, 0) is 22.9 Å². The molecule has 0 saturated heterocycles. The molecular formula is C25H25BrN2O3S. The Bertz CT molecular complexity index is 1290. The van der Waals surface area contributed by atoms with Gasteiger partial charge in [-0.1, -0.05) is 41.1 Å². The van der Waals surface area contributed by atoms with Crippen molar-refractivity contribution in [2.24, 2.45) is 0 Å². The predicted octanol–water partition coefficient (Wildman–Crippen LogP) is 5.71. The number of carbonyl (C=O) groups is 1. The smallest absolute Gasteiger partial charge is 0.264 e. The van der Waals surface area contributed by atoms with Crippen LogP contribution in [0, 0.1) is 6.92 Å². The van der Waals surface area contributed by atoms with E-state index in [4.69, 9.17) is 0 Å². The van der Waals surface area contributed by atoms with Crippen LogP contribution in [0.2, 0.25) is 0 Å². The van der Waals surface area contributed by atoms with E-state index in [2.05, 4.69) is 28.2 Å². The van der Waals surface area contributed by atoms with Crippen molar-refractivity contribution in [1.29, 1.82) is 0 Å². The monoisotopic (exact) mass is 512 g/mol. The third-order valence-electron chi connectivity index (χ3n) is 5.80. The summed E-state index contributed by atoms with van der Waals surface area (Å²) >= 11 is 3.51. The molecule has 0 radical (unpaired) electrons. The van der Waals surface area contributed by atoms with Gasteiger partial charge in [-0.05, 0) is 85.8 Å². The van der Waals surface area contributed by atoms with Crippen LogP contribution in [-0.4, -0.2) is 20.4 Å². The van der Waals surface area contributed by atoms with E-state index in [1.54, 1.807) is 42.5 Å². The summed E-state index contributed by atoms with van der Waals surface area (Å²) in [6.45, 7) is 5.91. The Morgan fingerprint density at radius 3 is 2.53 bits per heavy atom. The lowest BCUT2D eigenvalue weighted by atomic mass is 10.0. The Morgan fingerprint density at radius 2 is 1.84 bits per heavy atom. The second-order valence-electron chi connectivity index (χ2n) is 8.08. The van der Waals surface area contributed by atoms with Gasteiger partial charge in [-0.15, -0.1) is 0 Å². The fourth-order valence-electron chi connectivity index (χ4n) is 4.27. The lowest BCUT2D eigenvalue weighted by Crippen LogP contribution is -2.35. The van der Waals surface area contributed by atoms with Crippen LogP contribution in [0.25, 0.3) is 0 Å². The number of hydrogen-bond donors (Lipinski definition) is 1. The second-order valence-corrected chi connectivity index (χ2v) is 10.8. The van der Waals surface area contributed by atoms with E-state index >= 15 is 0 Å². The molecule has 0 spiro atoms. The van der Waals surface area contributed by atoms with Crippen molar-refractivity contribution in [1.82, 2.24) is 0 Å². The van der Waals surface area contributed by atoms with Crippen LogP contribution in [0.3, 0.4) is 0 Å². The summed E-state index contributed by atoms with van der Waals surface area (Å²) in [7, 11) is -3.67. The number of fused-ring (bicyclic) bond motifs is 1. The highest BCUT2D eigenvalue weighted by atomic mass is 79.9. The highest BCUT2D eigenvalue weighted by Gasteiger charge is 2.36. The predicted molar refractivity (Wildman–Crippen MR) is 132 cm³/mol. The van der Waals surface area contributed by atoms with Gasteiger partial charge in [0.15, 0.2) is 0 Å². The molecular weight excluding hydrogens is 488 g/mol. The van der Waals surface area contributed by atoms with Gasteiger partial charge in [-0.2, -0.15) is 0 Å². The standard InChI is InChI=1S/C25H25BrN2O3S/c1-4-18-15-21(26)12-16(2)24(18)27-25(29)19-10-11-23-20(14-19)13-17(3)28(23)32(30,31)22-8-6-5-7-9-22/h5-12,14-15,17H,4,13H2,1-3H3,(H,27,29)/t17-/m0/s1. The van der Waals surface area contributed by atoms with E-state index in [1.807, 2.05) is 32.0 Å². The molecule has 7 heteroatoms. The number of halogens is 1. The molecule has 1 amide bonds. The summed E-state index contributed by atoms with van der Waals surface area (Å²) in [5.41, 5.74) is 4.86. The summed E-state index contributed by atoms with van der Waals surface area (Å²) < 4.78 is 28.9. The van der Waals surface area contributed by atoms with Crippen molar-refractivity contribution in [3.63, 3.8) is 0 Å². The van der Waals surface area contributed by atoms with Gasteiger partial charge in [0.1, 0.15) is 0 Å². The minimum atomic E-state index is -3.67. The zero-order chi connectivity index (χ0) is 23.0. The first-order valence-corrected chi connectivity index (χ1v) is 12.8. The number of carbonyl (C=O) groups excluding carboxylic acids is 1. The molecule has 1 N–H and O–H groups in total. The van der Waals surface area contributed by atoms with Gasteiger partial charge in [0.25, 0.3) is 15.9 Å².